The monoisotopic (exact) mass is 291 g/mol. The van der Waals surface area contributed by atoms with Gasteiger partial charge in [-0.2, -0.15) is 0 Å². The third-order valence-corrected chi connectivity index (χ3v) is 4.14. The van der Waals surface area contributed by atoms with Crippen molar-refractivity contribution in [2.45, 2.75) is 25.8 Å². The van der Waals surface area contributed by atoms with Crippen LogP contribution in [0.5, 0.6) is 0 Å². The predicted molar refractivity (Wildman–Crippen MR) is 79.0 cm³/mol. The van der Waals surface area contributed by atoms with E-state index in [1.165, 1.54) is 11.8 Å². The highest BCUT2D eigenvalue weighted by Gasteiger charge is 2.30. The van der Waals surface area contributed by atoms with Gasteiger partial charge in [-0.05, 0) is 31.9 Å². The predicted octanol–water partition coefficient (Wildman–Crippen LogP) is 1.23. The second-order valence-electron chi connectivity index (χ2n) is 5.44. The van der Waals surface area contributed by atoms with Crippen molar-refractivity contribution < 1.29 is 14.7 Å². The van der Waals surface area contributed by atoms with Gasteiger partial charge in [-0.3, -0.25) is 9.78 Å². The van der Waals surface area contributed by atoms with Crippen LogP contribution in [0.1, 0.15) is 19.8 Å². The van der Waals surface area contributed by atoms with E-state index in [0.717, 1.165) is 31.6 Å². The summed E-state index contributed by atoms with van der Waals surface area (Å²) in [7, 11) is 1.56. The van der Waals surface area contributed by atoms with Crippen molar-refractivity contribution in [2.24, 2.45) is 5.92 Å². The quantitative estimate of drug-likeness (QED) is 0.903. The summed E-state index contributed by atoms with van der Waals surface area (Å²) in [5.74, 6) is -1.14. The van der Waals surface area contributed by atoms with Crippen molar-refractivity contribution >= 4 is 17.6 Å². The molecule has 2 heterocycles. The molecule has 6 heteroatoms. The molecule has 1 aliphatic rings. The third-order valence-electron chi connectivity index (χ3n) is 4.14. The molecule has 1 atom stereocenters. The number of piperidine rings is 1. The molecule has 0 saturated carbocycles. The highest BCUT2D eigenvalue weighted by molar-refractivity contribution is 5.84. The molecule has 1 aromatic heterocycles. The number of hydrogen-bond donors (Lipinski definition) is 1. The molecule has 0 spiro atoms. The van der Waals surface area contributed by atoms with Gasteiger partial charge in [-0.1, -0.05) is 0 Å². The van der Waals surface area contributed by atoms with Crippen LogP contribution in [-0.4, -0.2) is 53.0 Å². The van der Waals surface area contributed by atoms with Gasteiger partial charge < -0.3 is 14.9 Å². The third kappa shape index (κ3) is 3.51. The van der Waals surface area contributed by atoms with E-state index in [1.54, 1.807) is 13.2 Å². The Labute approximate surface area is 124 Å². The molecule has 0 radical (unpaired) electrons. The van der Waals surface area contributed by atoms with E-state index < -0.39 is 12.0 Å². The van der Waals surface area contributed by atoms with Crippen molar-refractivity contribution in [3.63, 3.8) is 0 Å². The Morgan fingerprint density at radius 2 is 2.10 bits per heavy atom. The van der Waals surface area contributed by atoms with Crippen LogP contribution >= 0.6 is 0 Å². The summed E-state index contributed by atoms with van der Waals surface area (Å²) in [6.45, 7) is 3.11. The number of carboxylic acid groups (broad SMARTS) is 1. The van der Waals surface area contributed by atoms with E-state index in [2.05, 4.69) is 9.88 Å². The fourth-order valence-electron chi connectivity index (χ4n) is 2.57. The lowest BCUT2D eigenvalue weighted by atomic mass is 9.94. The van der Waals surface area contributed by atoms with E-state index in [1.807, 2.05) is 18.3 Å². The summed E-state index contributed by atoms with van der Waals surface area (Å²) in [6, 6.07) is 3.12. The Morgan fingerprint density at radius 3 is 2.62 bits per heavy atom. The smallest absolute Gasteiger partial charge is 0.326 e. The first-order chi connectivity index (χ1) is 10.0. The van der Waals surface area contributed by atoms with E-state index >= 15 is 0 Å². The summed E-state index contributed by atoms with van der Waals surface area (Å²) >= 11 is 0. The highest BCUT2D eigenvalue weighted by Crippen LogP contribution is 2.24. The molecule has 1 amide bonds. The van der Waals surface area contributed by atoms with Gasteiger partial charge in [-0.25, -0.2) is 4.79 Å². The Bertz CT molecular complexity index is 498. The number of carbonyl (C=O) groups is 2. The molecule has 114 valence electrons. The molecule has 0 aromatic carbocycles. The maximum atomic E-state index is 12.3. The summed E-state index contributed by atoms with van der Waals surface area (Å²) in [5, 5.41) is 8.98. The summed E-state index contributed by atoms with van der Waals surface area (Å²) in [4.78, 5) is 30.9. The number of rotatable bonds is 4. The van der Waals surface area contributed by atoms with E-state index in [9.17, 15) is 9.59 Å². The van der Waals surface area contributed by atoms with Crippen molar-refractivity contribution in [2.75, 3.05) is 25.0 Å². The maximum Gasteiger partial charge on any atom is 0.326 e. The van der Waals surface area contributed by atoms with Gasteiger partial charge in [-0.15, -0.1) is 0 Å². The van der Waals surface area contributed by atoms with Crippen LogP contribution in [0.25, 0.3) is 0 Å². The normalized spacial score (nSPS) is 17.3. The van der Waals surface area contributed by atoms with Crippen LogP contribution in [0.15, 0.2) is 24.5 Å². The average molecular weight is 291 g/mol. The zero-order valence-corrected chi connectivity index (χ0v) is 12.4. The SMILES string of the molecule is C[C@@H](C(=O)O)N(C)C(=O)C1CCN(c2cccnc2)CC1. The molecule has 1 aliphatic heterocycles. The number of aliphatic carboxylic acids is 1. The van der Waals surface area contributed by atoms with Gasteiger partial charge in [0.1, 0.15) is 6.04 Å². The standard InChI is InChI=1S/C15H21N3O3/c1-11(15(20)21)17(2)14(19)12-5-8-18(9-6-12)13-4-3-7-16-10-13/h3-4,7,10-12H,5-6,8-9H2,1-2H3,(H,20,21)/t11-/m0/s1. The molecule has 21 heavy (non-hydrogen) atoms. The number of likely N-dealkylation sites (N-methyl/N-ethyl adjacent to an activating group) is 1. The molecule has 0 bridgehead atoms. The lowest BCUT2D eigenvalue weighted by Gasteiger charge is -2.35. The number of carbonyl (C=O) groups excluding carboxylic acids is 1. The zero-order valence-electron chi connectivity index (χ0n) is 12.4. The first kappa shape index (κ1) is 15.3. The number of amides is 1. The van der Waals surface area contributed by atoms with E-state index in [-0.39, 0.29) is 11.8 Å². The molecule has 1 aromatic rings. The van der Waals surface area contributed by atoms with E-state index in [4.69, 9.17) is 5.11 Å². The number of hydrogen-bond acceptors (Lipinski definition) is 4. The largest absolute Gasteiger partial charge is 0.480 e. The Kier molecular flexibility index (Phi) is 4.77. The van der Waals surface area contributed by atoms with Crippen LogP contribution in [0.3, 0.4) is 0 Å². The van der Waals surface area contributed by atoms with Gasteiger partial charge >= 0.3 is 5.97 Å². The van der Waals surface area contributed by atoms with Crippen molar-refractivity contribution in [1.82, 2.24) is 9.88 Å². The van der Waals surface area contributed by atoms with Gasteiger partial charge in [0, 0.05) is 32.3 Å². The summed E-state index contributed by atoms with van der Waals surface area (Å²) < 4.78 is 0. The molecule has 2 rings (SSSR count). The second kappa shape index (κ2) is 6.56. The minimum atomic E-state index is -0.973. The number of nitrogens with zero attached hydrogens (tertiary/aromatic N) is 3. The molecular formula is C15H21N3O3. The van der Waals surface area contributed by atoms with Gasteiger partial charge in [0.25, 0.3) is 0 Å². The van der Waals surface area contributed by atoms with Gasteiger partial charge in [0.05, 0.1) is 11.9 Å². The van der Waals surface area contributed by atoms with Gasteiger partial charge in [0.15, 0.2) is 0 Å². The van der Waals surface area contributed by atoms with Crippen LogP contribution in [0, 0.1) is 5.92 Å². The number of carboxylic acids is 1. The number of pyridine rings is 1. The second-order valence-corrected chi connectivity index (χ2v) is 5.44. The Morgan fingerprint density at radius 1 is 1.43 bits per heavy atom. The van der Waals surface area contributed by atoms with Crippen molar-refractivity contribution in [1.29, 1.82) is 0 Å². The minimum Gasteiger partial charge on any atom is -0.480 e. The van der Waals surface area contributed by atoms with Gasteiger partial charge in [0.2, 0.25) is 5.91 Å². The minimum absolute atomic E-state index is 0.0734. The van der Waals surface area contributed by atoms with Crippen LogP contribution < -0.4 is 4.90 Å². The molecule has 1 N–H and O–H groups in total. The number of anilines is 1. The first-order valence-corrected chi connectivity index (χ1v) is 7.15. The maximum absolute atomic E-state index is 12.3. The fourth-order valence-corrected chi connectivity index (χ4v) is 2.57. The highest BCUT2D eigenvalue weighted by atomic mass is 16.4. The Hall–Kier alpha value is -2.11. The van der Waals surface area contributed by atoms with Crippen LogP contribution in [-0.2, 0) is 9.59 Å². The summed E-state index contributed by atoms with van der Waals surface area (Å²) in [6.07, 6.45) is 5.04. The Balaban J connectivity index is 1.92. The molecule has 0 aliphatic carbocycles. The average Bonchev–Trinajstić information content (AvgIpc) is 2.53. The number of aromatic nitrogens is 1. The topological polar surface area (TPSA) is 73.7 Å². The van der Waals surface area contributed by atoms with E-state index in [0.29, 0.717) is 0 Å². The van der Waals surface area contributed by atoms with Crippen LogP contribution in [0.4, 0.5) is 5.69 Å². The van der Waals surface area contributed by atoms with Crippen LogP contribution in [0.2, 0.25) is 0 Å². The lowest BCUT2D eigenvalue weighted by molar-refractivity contribution is -0.150. The van der Waals surface area contributed by atoms with Crippen molar-refractivity contribution in [3.8, 4) is 0 Å². The molecule has 1 fully saturated rings. The zero-order chi connectivity index (χ0) is 15.4. The summed E-state index contributed by atoms with van der Waals surface area (Å²) in [5.41, 5.74) is 1.07. The molecule has 1 saturated heterocycles. The molecule has 6 nitrogen and oxygen atoms in total. The van der Waals surface area contributed by atoms with Crippen molar-refractivity contribution in [3.05, 3.63) is 24.5 Å². The molecular weight excluding hydrogens is 270 g/mol. The fraction of sp³-hybridized carbons (Fsp3) is 0.533. The molecule has 0 unspecified atom stereocenters. The first-order valence-electron chi connectivity index (χ1n) is 7.15. The lowest BCUT2D eigenvalue weighted by Crippen LogP contribution is -2.46.